The third-order valence-electron chi connectivity index (χ3n) is 3.97. The number of unbranched alkanes of at least 4 members (excludes halogenated alkanes) is 4. The highest BCUT2D eigenvalue weighted by Gasteiger charge is 2.09. The Kier molecular flexibility index (Phi) is 7.51. The summed E-state index contributed by atoms with van der Waals surface area (Å²) >= 11 is 3.40. The molecular formula is C21H24BrFO. The van der Waals surface area contributed by atoms with E-state index in [2.05, 4.69) is 29.4 Å². The van der Waals surface area contributed by atoms with Crippen LogP contribution in [0.25, 0.3) is 5.57 Å². The van der Waals surface area contributed by atoms with Gasteiger partial charge in [0.1, 0.15) is 11.6 Å². The lowest BCUT2D eigenvalue weighted by atomic mass is 9.99. The Morgan fingerprint density at radius 3 is 2.42 bits per heavy atom. The highest BCUT2D eigenvalue weighted by molar-refractivity contribution is 9.10. The molecule has 0 heterocycles. The minimum atomic E-state index is -0.300. The minimum Gasteiger partial charge on any atom is -0.493 e. The van der Waals surface area contributed by atoms with E-state index in [0.717, 1.165) is 22.9 Å². The lowest BCUT2D eigenvalue weighted by Crippen LogP contribution is -1.99. The van der Waals surface area contributed by atoms with Crippen molar-refractivity contribution in [2.45, 2.75) is 39.0 Å². The summed E-state index contributed by atoms with van der Waals surface area (Å²) in [6.45, 7) is 6.86. The van der Waals surface area contributed by atoms with Crippen molar-refractivity contribution in [3.05, 3.63) is 70.5 Å². The minimum absolute atomic E-state index is 0.300. The van der Waals surface area contributed by atoms with Crippen molar-refractivity contribution in [3.8, 4) is 5.75 Å². The van der Waals surface area contributed by atoms with Gasteiger partial charge >= 0.3 is 0 Å². The lowest BCUT2D eigenvalue weighted by Gasteiger charge is -2.11. The lowest BCUT2D eigenvalue weighted by molar-refractivity contribution is 0.303. The van der Waals surface area contributed by atoms with Crippen molar-refractivity contribution in [2.75, 3.05) is 6.61 Å². The molecule has 0 N–H and O–H groups in total. The number of hydrogen-bond acceptors (Lipinski definition) is 1. The molecule has 0 aliphatic heterocycles. The summed E-state index contributed by atoms with van der Waals surface area (Å²) in [5.41, 5.74) is 2.08. The first-order valence-corrected chi connectivity index (χ1v) is 9.28. The standard InChI is InChI=1S/C21H24BrFO/c1-3-4-5-6-7-14-24-19-12-13-20(21(23)15-19)16(2)17-8-10-18(22)11-9-17/h8-13,15H,2-7,14H2,1H3. The summed E-state index contributed by atoms with van der Waals surface area (Å²) in [5.74, 6) is 0.279. The fraction of sp³-hybridized carbons (Fsp3) is 0.333. The summed E-state index contributed by atoms with van der Waals surface area (Å²) in [6, 6.07) is 12.7. The highest BCUT2D eigenvalue weighted by atomic mass is 79.9. The average molecular weight is 391 g/mol. The fourth-order valence-corrected chi connectivity index (χ4v) is 2.80. The molecule has 2 aromatic rings. The van der Waals surface area contributed by atoms with Gasteiger partial charge in [-0.25, -0.2) is 4.39 Å². The number of rotatable bonds is 9. The van der Waals surface area contributed by atoms with Gasteiger partial charge in [0.2, 0.25) is 0 Å². The predicted octanol–water partition coefficient (Wildman–Crippen LogP) is 7.00. The van der Waals surface area contributed by atoms with Crippen LogP contribution in [0.4, 0.5) is 4.39 Å². The van der Waals surface area contributed by atoms with Crippen molar-refractivity contribution in [3.63, 3.8) is 0 Å². The third-order valence-corrected chi connectivity index (χ3v) is 4.50. The van der Waals surface area contributed by atoms with E-state index in [1.807, 2.05) is 30.3 Å². The van der Waals surface area contributed by atoms with Gasteiger partial charge in [-0.05, 0) is 41.8 Å². The van der Waals surface area contributed by atoms with Crippen LogP contribution < -0.4 is 4.74 Å². The Balaban J connectivity index is 1.94. The van der Waals surface area contributed by atoms with Gasteiger partial charge in [0, 0.05) is 16.1 Å². The van der Waals surface area contributed by atoms with Crippen molar-refractivity contribution < 1.29 is 9.13 Å². The van der Waals surface area contributed by atoms with Gasteiger partial charge in [-0.1, -0.05) is 67.2 Å². The molecule has 0 bridgehead atoms. The Labute approximate surface area is 152 Å². The molecule has 2 rings (SSSR count). The second kappa shape index (κ2) is 9.63. The number of ether oxygens (including phenoxy) is 1. The van der Waals surface area contributed by atoms with E-state index in [-0.39, 0.29) is 5.82 Å². The summed E-state index contributed by atoms with van der Waals surface area (Å²) in [5, 5.41) is 0. The maximum absolute atomic E-state index is 14.4. The first kappa shape index (κ1) is 18.7. The van der Waals surface area contributed by atoms with Gasteiger partial charge in [-0.2, -0.15) is 0 Å². The molecule has 0 atom stereocenters. The molecule has 1 nitrogen and oxygen atoms in total. The Bertz CT molecular complexity index is 664. The van der Waals surface area contributed by atoms with Crippen molar-refractivity contribution in [2.24, 2.45) is 0 Å². The highest BCUT2D eigenvalue weighted by Crippen LogP contribution is 2.27. The fourth-order valence-electron chi connectivity index (χ4n) is 2.53. The van der Waals surface area contributed by atoms with Crippen LogP contribution in [0.2, 0.25) is 0 Å². The molecule has 0 saturated carbocycles. The summed E-state index contributed by atoms with van der Waals surface area (Å²) in [7, 11) is 0. The van der Waals surface area contributed by atoms with Gasteiger partial charge in [0.25, 0.3) is 0 Å². The van der Waals surface area contributed by atoms with Crippen molar-refractivity contribution in [1.82, 2.24) is 0 Å². The van der Waals surface area contributed by atoms with Gasteiger partial charge in [0.15, 0.2) is 0 Å². The van der Waals surface area contributed by atoms with Crippen LogP contribution in [-0.2, 0) is 0 Å². The van der Waals surface area contributed by atoms with E-state index in [1.54, 1.807) is 6.07 Å². The maximum Gasteiger partial charge on any atom is 0.134 e. The Hall–Kier alpha value is -1.61. The van der Waals surface area contributed by atoms with Gasteiger partial charge in [-0.15, -0.1) is 0 Å². The molecule has 0 unspecified atom stereocenters. The first-order chi connectivity index (χ1) is 11.6. The van der Waals surface area contributed by atoms with Crippen LogP contribution in [0.1, 0.15) is 50.2 Å². The van der Waals surface area contributed by atoms with E-state index in [9.17, 15) is 4.39 Å². The van der Waals surface area contributed by atoms with Crippen LogP contribution in [0.5, 0.6) is 5.75 Å². The number of halogens is 2. The third kappa shape index (κ3) is 5.48. The molecule has 0 amide bonds. The van der Waals surface area contributed by atoms with Crippen molar-refractivity contribution in [1.29, 1.82) is 0 Å². The first-order valence-electron chi connectivity index (χ1n) is 8.49. The Morgan fingerprint density at radius 2 is 1.75 bits per heavy atom. The van der Waals surface area contributed by atoms with E-state index < -0.39 is 0 Å². The largest absolute Gasteiger partial charge is 0.493 e. The van der Waals surface area contributed by atoms with Gasteiger partial charge in [-0.3, -0.25) is 0 Å². The van der Waals surface area contributed by atoms with Crippen LogP contribution in [-0.4, -0.2) is 6.61 Å². The van der Waals surface area contributed by atoms with E-state index >= 15 is 0 Å². The number of hydrogen-bond donors (Lipinski definition) is 0. The maximum atomic E-state index is 14.4. The normalized spacial score (nSPS) is 10.6. The van der Waals surface area contributed by atoms with E-state index in [0.29, 0.717) is 23.5 Å². The zero-order chi connectivity index (χ0) is 17.4. The van der Waals surface area contributed by atoms with Crippen LogP contribution in [0.15, 0.2) is 53.5 Å². The second-order valence-electron chi connectivity index (χ2n) is 5.89. The number of benzene rings is 2. The molecular weight excluding hydrogens is 367 g/mol. The van der Waals surface area contributed by atoms with E-state index in [4.69, 9.17) is 4.74 Å². The van der Waals surface area contributed by atoms with Gasteiger partial charge < -0.3 is 4.74 Å². The molecule has 0 aromatic heterocycles. The monoisotopic (exact) mass is 390 g/mol. The predicted molar refractivity (Wildman–Crippen MR) is 103 cm³/mol. The molecule has 128 valence electrons. The summed E-state index contributed by atoms with van der Waals surface area (Å²) in [6.07, 6.45) is 5.90. The Morgan fingerprint density at radius 1 is 1.04 bits per heavy atom. The SMILES string of the molecule is C=C(c1ccc(Br)cc1)c1ccc(OCCCCCCC)cc1F. The molecule has 2 aromatic carbocycles. The van der Waals surface area contributed by atoms with Crippen LogP contribution >= 0.6 is 15.9 Å². The van der Waals surface area contributed by atoms with Gasteiger partial charge in [0.05, 0.1) is 6.61 Å². The second-order valence-corrected chi connectivity index (χ2v) is 6.81. The topological polar surface area (TPSA) is 9.23 Å². The zero-order valence-corrected chi connectivity index (χ0v) is 15.7. The molecule has 3 heteroatoms. The molecule has 0 fully saturated rings. The molecule has 0 spiro atoms. The van der Waals surface area contributed by atoms with Crippen molar-refractivity contribution >= 4 is 21.5 Å². The smallest absolute Gasteiger partial charge is 0.134 e. The van der Waals surface area contributed by atoms with Crippen LogP contribution in [0, 0.1) is 5.82 Å². The summed E-state index contributed by atoms with van der Waals surface area (Å²) < 4.78 is 21.0. The summed E-state index contributed by atoms with van der Waals surface area (Å²) in [4.78, 5) is 0. The zero-order valence-electron chi connectivity index (χ0n) is 14.2. The average Bonchev–Trinajstić information content (AvgIpc) is 2.58. The molecule has 0 aliphatic rings. The molecule has 0 radical (unpaired) electrons. The molecule has 0 aliphatic carbocycles. The quantitative estimate of drug-likeness (QED) is 0.418. The molecule has 0 saturated heterocycles. The molecule has 24 heavy (non-hydrogen) atoms. The van der Waals surface area contributed by atoms with Crippen LogP contribution in [0.3, 0.4) is 0 Å². The van der Waals surface area contributed by atoms with E-state index in [1.165, 1.54) is 25.3 Å².